The van der Waals surface area contributed by atoms with Gasteiger partial charge in [-0.05, 0) is 63.3 Å². The molecule has 0 unspecified atom stereocenters. The van der Waals surface area contributed by atoms with Gasteiger partial charge in [0.1, 0.15) is 10.9 Å². The lowest BCUT2D eigenvalue weighted by Gasteiger charge is -2.33. The number of nitrogens with one attached hydrogen (secondary N) is 1. The van der Waals surface area contributed by atoms with Crippen LogP contribution in [0, 0.1) is 27.7 Å². The number of aromatic nitrogens is 1. The SMILES string of the molecule is Cc1ccc(C)c(N(C(=O)c2sc(C)nc2C)[C@H](C(=O)NC[C@@H]2CCCO2)c2ccccc2)c1. The van der Waals surface area contributed by atoms with Crippen LogP contribution in [0.25, 0.3) is 0 Å². The summed E-state index contributed by atoms with van der Waals surface area (Å²) in [6, 6.07) is 14.6. The van der Waals surface area contributed by atoms with Gasteiger partial charge in [0, 0.05) is 18.8 Å². The van der Waals surface area contributed by atoms with Gasteiger partial charge < -0.3 is 10.1 Å². The van der Waals surface area contributed by atoms with Gasteiger partial charge in [-0.1, -0.05) is 42.5 Å². The summed E-state index contributed by atoms with van der Waals surface area (Å²) in [6.45, 7) is 8.83. The quantitative estimate of drug-likeness (QED) is 0.516. The van der Waals surface area contributed by atoms with E-state index in [0.717, 1.165) is 46.8 Å². The van der Waals surface area contributed by atoms with Crippen LogP contribution in [-0.4, -0.2) is 36.1 Å². The molecule has 0 aliphatic carbocycles. The normalized spacial score (nSPS) is 16.3. The molecule has 2 amide bonds. The van der Waals surface area contributed by atoms with Crippen molar-refractivity contribution in [2.24, 2.45) is 0 Å². The van der Waals surface area contributed by atoms with E-state index in [4.69, 9.17) is 4.74 Å². The molecular weight excluding hydrogens is 446 g/mol. The molecule has 6 nitrogen and oxygen atoms in total. The molecular formula is C27H31N3O3S. The molecule has 1 fully saturated rings. The monoisotopic (exact) mass is 477 g/mol. The molecule has 1 saturated heterocycles. The highest BCUT2D eigenvalue weighted by molar-refractivity contribution is 7.13. The predicted octanol–water partition coefficient (Wildman–Crippen LogP) is 5.06. The molecule has 3 aromatic rings. The van der Waals surface area contributed by atoms with E-state index in [1.807, 2.05) is 76.2 Å². The Morgan fingerprint density at radius 3 is 2.56 bits per heavy atom. The van der Waals surface area contributed by atoms with Crippen LogP contribution in [0.15, 0.2) is 48.5 Å². The van der Waals surface area contributed by atoms with Crippen molar-refractivity contribution in [3.8, 4) is 0 Å². The van der Waals surface area contributed by atoms with Crippen molar-refractivity contribution in [1.82, 2.24) is 10.3 Å². The van der Waals surface area contributed by atoms with Crippen LogP contribution in [0.4, 0.5) is 5.69 Å². The standard InChI is InChI=1S/C27H31N3O3S/c1-17-12-13-18(2)23(15-17)30(27(32)25-19(3)29-20(4)34-25)24(21-9-6-5-7-10-21)26(31)28-16-22-11-8-14-33-22/h5-7,9-10,12-13,15,22,24H,8,11,14,16H2,1-4H3,(H,28,31)/t22-,24-/m0/s1. The second-order valence-corrected chi connectivity index (χ2v) is 10.0. The molecule has 178 valence electrons. The molecule has 1 aliphatic rings. The van der Waals surface area contributed by atoms with E-state index in [0.29, 0.717) is 17.1 Å². The minimum absolute atomic E-state index is 0.0108. The van der Waals surface area contributed by atoms with Crippen LogP contribution in [0.3, 0.4) is 0 Å². The van der Waals surface area contributed by atoms with Gasteiger partial charge in [-0.3, -0.25) is 14.5 Å². The highest BCUT2D eigenvalue weighted by atomic mass is 32.1. The maximum atomic E-state index is 14.1. The van der Waals surface area contributed by atoms with Crippen molar-refractivity contribution < 1.29 is 14.3 Å². The summed E-state index contributed by atoms with van der Waals surface area (Å²) in [6.07, 6.45) is 1.94. The van der Waals surface area contributed by atoms with E-state index in [1.54, 1.807) is 4.90 Å². The van der Waals surface area contributed by atoms with Crippen LogP contribution in [0.2, 0.25) is 0 Å². The van der Waals surface area contributed by atoms with E-state index in [9.17, 15) is 9.59 Å². The lowest BCUT2D eigenvalue weighted by atomic mass is 10.0. The molecule has 0 radical (unpaired) electrons. The highest BCUT2D eigenvalue weighted by Gasteiger charge is 2.36. The number of carbonyl (C=O) groups is 2. The largest absolute Gasteiger partial charge is 0.376 e. The summed E-state index contributed by atoms with van der Waals surface area (Å²) < 4.78 is 5.70. The number of anilines is 1. The summed E-state index contributed by atoms with van der Waals surface area (Å²) >= 11 is 1.36. The van der Waals surface area contributed by atoms with Gasteiger partial charge in [-0.25, -0.2) is 4.98 Å². The summed E-state index contributed by atoms with van der Waals surface area (Å²) in [5.74, 6) is -0.451. The van der Waals surface area contributed by atoms with Crippen LogP contribution >= 0.6 is 11.3 Å². The number of thiazole rings is 1. The van der Waals surface area contributed by atoms with Crippen molar-refractivity contribution >= 4 is 28.8 Å². The first-order valence-corrected chi connectivity index (χ1v) is 12.5. The number of benzene rings is 2. The Bertz CT molecular complexity index is 1170. The third-order valence-corrected chi connectivity index (χ3v) is 7.15. The van der Waals surface area contributed by atoms with Gasteiger partial charge in [0.25, 0.3) is 5.91 Å². The lowest BCUT2D eigenvalue weighted by molar-refractivity contribution is -0.123. The summed E-state index contributed by atoms with van der Waals surface area (Å²) in [5.41, 5.74) is 4.08. The fourth-order valence-electron chi connectivity index (χ4n) is 4.35. The van der Waals surface area contributed by atoms with E-state index in [1.165, 1.54) is 11.3 Å². The number of nitrogens with zero attached hydrogens (tertiary/aromatic N) is 2. The van der Waals surface area contributed by atoms with Crippen molar-refractivity contribution in [2.45, 2.75) is 52.7 Å². The number of ether oxygens (including phenoxy) is 1. The van der Waals surface area contributed by atoms with Crippen LogP contribution in [0.5, 0.6) is 0 Å². The topological polar surface area (TPSA) is 71.5 Å². The first-order valence-electron chi connectivity index (χ1n) is 11.6. The van der Waals surface area contributed by atoms with E-state index in [-0.39, 0.29) is 17.9 Å². The first-order chi connectivity index (χ1) is 16.3. The molecule has 2 aromatic carbocycles. The third kappa shape index (κ3) is 5.21. The van der Waals surface area contributed by atoms with Gasteiger partial charge >= 0.3 is 0 Å². The molecule has 1 aliphatic heterocycles. The zero-order valence-corrected chi connectivity index (χ0v) is 20.9. The Morgan fingerprint density at radius 2 is 1.91 bits per heavy atom. The maximum absolute atomic E-state index is 14.1. The van der Waals surface area contributed by atoms with Gasteiger partial charge in [0.15, 0.2) is 0 Å². The average Bonchev–Trinajstić information content (AvgIpc) is 3.46. The van der Waals surface area contributed by atoms with Gasteiger partial charge in [0.2, 0.25) is 5.91 Å². The van der Waals surface area contributed by atoms with E-state index >= 15 is 0 Å². The maximum Gasteiger partial charge on any atom is 0.271 e. The number of hydrogen-bond donors (Lipinski definition) is 1. The second kappa shape index (κ2) is 10.5. The van der Waals surface area contributed by atoms with Crippen molar-refractivity contribution in [3.05, 3.63) is 80.8 Å². The molecule has 7 heteroatoms. The van der Waals surface area contributed by atoms with Crippen LogP contribution in [-0.2, 0) is 9.53 Å². The van der Waals surface area contributed by atoms with Gasteiger partial charge in [-0.2, -0.15) is 0 Å². The number of aryl methyl sites for hydroxylation is 4. The van der Waals surface area contributed by atoms with E-state index < -0.39 is 6.04 Å². The van der Waals surface area contributed by atoms with Crippen molar-refractivity contribution in [2.75, 3.05) is 18.1 Å². The Kier molecular flexibility index (Phi) is 7.44. The lowest BCUT2D eigenvalue weighted by Crippen LogP contribution is -2.46. The number of carbonyl (C=O) groups excluding carboxylic acids is 2. The van der Waals surface area contributed by atoms with Gasteiger partial charge in [0.05, 0.1) is 16.8 Å². The second-order valence-electron chi connectivity index (χ2n) is 8.81. The summed E-state index contributed by atoms with van der Waals surface area (Å²) in [5, 5.41) is 3.88. The zero-order chi connectivity index (χ0) is 24.2. The molecule has 1 aromatic heterocycles. The Hall–Kier alpha value is -3.03. The molecule has 34 heavy (non-hydrogen) atoms. The van der Waals surface area contributed by atoms with E-state index in [2.05, 4.69) is 10.3 Å². The van der Waals surface area contributed by atoms with Gasteiger partial charge in [-0.15, -0.1) is 11.3 Å². The number of hydrogen-bond acceptors (Lipinski definition) is 5. The summed E-state index contributed by atoms with van der Waals surface area (Å²) in [4.78, 5) is 34.5. The average molecular weight is 478 g/mol. The minimum Gasteiger partial charge on any atom is -0.376 e. The molecule has 0 bridgehead atoms. The number of amides is 2. The molecule has 4 rings (SSSR count). The minimum atomic E-state index is -0.836. The summed E-state index contributed by atoms with van der Waals surface area (Å²) in [7, 11) is 0. The Morgan fingerprint density at radius 1 is 1.15 bits per heavy atom. The Labute approximate surface area is 205 Å². The van der Waals surface area contributed by atoms with Crippen LogP contribution in [0.1, 0.15) is 55.9 Å². The first kappa shape index (κ1) is 24.1. The smallest absolute Gasteiger partial charge is 0.271 e. The van der Waals surface area contributed by atoms with Crippen LogP contribution < -0.4 is 10.2 Å². The molecule has 1 N–H and O–H groups in total. The number of rotatable bonds is 7. The Balaban J connectivity index is 1.81. The third-order valence-electron chi connectivity index (χ3n) is 6.09. The van der Waals surface area contributed by atoms with Crippen molar-refractivity contribution in [3.63, 3.8) is 0 Å². The van der Waals surface area contributed by atoms with Crippen molar-refractivity contribution in [1.29, 1.82) is 0 Å². The molecule has 2 heterocycles. The highest BCUT2D eigenvalue weighted by Crippen LogP contribution is 2.34. The predicted molar refractivity (Wildman–Crippen MR) is 135 cm³/mol. The molecule has 0 saturated carbocycles. The molecule has 2 atom stereocenters. The fraction of sp³-hybridized carbons (Fsp3) is 0.370. The zero-order valence-electron chi connectivity index (χ0n) is 20.1. The molecule has 0 spiro atoms. The fourth-order valence-corrected chi connectivity index (χ4v) is 5.21.